The van der Waals surface area contributed by atoms with Gasteiger partial charge in [-0.25, -0.2) is 4.98 Å². The van der Waals surface area contributed by atoms with Crippen molar-refractivity contribution in [3.63, 3.8) is 0 Å². The van der Waals surface area contributed by atoms with Crippen LogP contribution in [0, 0.1) is 0 Å². The van der Waals surface area contributed by atoms with E-state index in [4.69, 9.17) is 4.74 Å². The average molecular weight is 338 g/mol. The van der Waals surface area contributed by atoms with Gasteiger partial charge >= 0.3 is 0 Å². The first-order chi connectivity index (χ1) is 12.3. The number of carbonyl (C=O) groups excluding carboxylic acids is 1. The number of hydrogen-bond acceptors (Lipinski definition) is 5. The summed E-state index contributed by atoms with van der Waals surface area (Å²) in [6, 6.07) is 9.68. The first-order valence-corrected chi connectivity index (χ1v) is 8.78. The smallest absolute Gasteiger partial charge is 0.252 e. The van der Waals surface area contributed by atoms with Crippen LogP contribution in [0.5, 0.6) is 0 Å². The molecule has 6 heteroatoms. The first-order valence-electron chi connectivity index (χ1n) is 8.78. The molecule has 1 aromatic heterocycles. The molecule has 2 aromatic rings. The van der Waals surface area contributed by atoms with E-state index < -0.39 is 0 Å². The Morgan fingerprint density at radius 3 is 3.04 bits per heavy atom. The highest BCUT2D eigenvalue weighted by atomic mass is 16.5. The lowest BCUT2D eigenvalue weighted by Crippen LogP contribution is -2.32. The number of benzene rings is 1. The second-order valence-corrected chi connectivity index (χ2v) is 6.36. The zero-order valence-electron chi connectivity index (χ0n) is 14.0. The highest BCUT2D eigenvalue weighted by Crippen LogP contribution is 2.30. The second kappa shape index (κ2) is 7.11. The maximum Gasteiger partial charge on any atom is 0.252 e. The van der Waals surface area contributed by atoms with Gasteiger partial charge in [0.1, 0.15) is 5.82 Å². The molecule has 3 heterocycles. The van der Waals surface area contributed by atoms with Gasteiger partial charge in [0.05, 0.1) is 11.8 Å². The van der Waals surface area contributed by atoms with Crippen LogP contribution in [0.4, 0.5) is 11.5 Å². The minimum Gasteiger partial charge on any atom is -0.380 e. The van der Waals surface area contributed by atoms with Gasteiger partial charge in [0, 0.05) is 43.6 Å². The standard InChI is InChI=1S/C19H22N4O2/c24-19(23-12-14-4-3-9-25-14)16-6-2-1-5-15(16)13-10-17-18(22-11-13)21-8-7-20-17/h1-2,5-6,10-11,14,20H,3-4,7-9,12H2,(H,21,22)(H,23,24). The van der Waals surface area contributed by atoms with Crippen LogP contribution in [-0.2, 0) is 4.74 Å². The van der Waals surface area contributed by atoms with E-state index in [1.165, 1.54) is 0 Å². The predicted octanol–water partition coefficient (Wildman–Crippen LogP) is 2.49. The number of anilines is 2. The van der Waals surface area contributed by atoms with Gasteiger partial charge in [0.25, 0.3) is 5.91 Å². The van der Waals surface area contributed by atoms with Gasteiger partial charge in [-0.1, -0.05) is 18.2 Å². The Morgan fingerprint density at radius 2 is 2.16 bits per heavy atom. The monoisotopic (exact) mass is 338 g/mol. The molecule has 0 bridgehead atoms. The molecule has 1 aromatic carbocycles. The number of amides is 1. The van der Waals surface area contributed by atoms with Crippen molar-refractivity contribution in [2.45, 2.75) is 18.9 Å². The van der Waals surface area contributed by atoms with Gasteiger partial charge < -0.3 is 20.7 Å². The van der Waals surface area contributed by atoms with E-state index in [2.05, 4.69) is 20.9 Å². The molecule has 130 valence electrons. The molecular weight excluding hydrogens is 316 g/mol. The van der Waals surface area contributed by atoms with Crippen LogP contribution in [0.2, 0.25) is 0 Å². The molecule has 25 heavy (non-hydrogen) atoms. The van der Waals surface area contributed by atoms with Crippen molar-refractivity contribution in [3.05, 3.63) is 42.1 Å². The van der Waals surface area contributed by atoms with E-state index in [1.54, 1.807) is 0 Å². The van der Waals surface area contributed by atoms with Crippen LogP contribution in [0.3, 0.4) is 0 Å². The van der Waals surface area contributed by atoms with E-state index in [9.17, 15) is 4.79 Å². The molecule has 1 fully saturated rings. The molecule has 6 nitrogen and oxygen atoms in total. The van der Waals surface area contributed by atoms with E-state index in [0.717, 1.165) is 55.2 Å². The number of hydrogen-bond donors (Lipinski definition) is 3. The molecular formula is C19H22N4O2. The van der Waals surface area contributed by atoms with Crippen LogP contribution in [0.15, 0.2) is 36.5 Å². The summed E-state index contributed by atoms with van der Waals surface area (Å²) in [6.45, 7) is 3.07. The number of nitrogens with one attached hydrogen (secondary N) is 3. The Hall–Kier alpha value is -2.60. The zero-order chi connectivity index (χ0) is 17.1. The summed E-state index contributed by atoms with van der Waals surface area (Å²) in [6.07, 6.45) is 4.02. The van der Waals surface area contributed by atoms with Crippen LogP contribution >= 0.6 is 0 Å². The fourth-order valence-corrected chi connectivity index (χ4v) is 3.31. The van der Waals surface area contributed by atoms with Crippen molar-refractivity contribution in [1.29, 1.82) is 0 Å². The lowest BCUT2D eigenvalue weighted by atomic mass is 10.00. The molecule has 0 radical (unpaired) electrons. The quantitative estimate of drug-likeness (QED) is 0.799. The number of aromatic nitrogens is 1. The number of nitrogens with zero attached hydrogens (tertiary/aromatic N) is 1. The Balaban J connectivity index is 1.57. The van der Waals surface area contributed by atoms with E-state index in [0.29, 0.717) is 12.1 Å². The molecule has 1 amide bonds. The summed E-state index contributed by atoms with van der Waals surface area (Å²) in [4.78, 5) is 17.1. The minimum absolute atomic E-state index is 0.0742. The summed E-state index contributed by atoms with van der Waals surface area (Å²) < 4.78 is 5.58. The number of carbonyl (C=O) groups is 1. The largest absolute Gasteiger partial charge is 0.380 e. The highest BCUT2D eigenvalue weighted by Gasteiger charge is 2.19. The highest BCUT2D eigenvalue weighted by molar-refractivity contribution is 6.01. The molecule has 1 atom stereocenters. The maximum absolute atomic E-state index is 12.7. The van der Waals surface area contributed by atoms with Crippen molar-refractivity contribution in [2.24, 2.45) is 0 Å². The van der Waals surface area contributed by atoms with Gasteiger partial charge in [0.2, 0.25) is 0 Å². The summed E-state index contributed by atoms with van der Waals surface area (Å²) in [7, 11) is 0. The molecule has 0 spiro atoms. The molecule has 4 rings (SSSR count). The van der Waals surface area contributed by atoms with Crippen molar-refractivity contribution in [3.8, 4) is 11.1 Å². The van der Waals surface area contributed by atoms with Crippen molar-refractivity contribution >= 4 is 17.4 Å². The minimum atomic E-state index is -0.0742. The molecule has 2 aliphatic rings. The third-order valence-corrected chi connectivity index (χ3v) is 4.62. The molecule has 2 aliphatic heterocycles. The molecule has 0 aliphatic carbocycles. The van der Waals surface area contributed by atoms with Crippen LogP contribution in [0.1, 0.15) is 23.2 Å². The van der Waals surface area contributed by atoms with Gasteiger partial charge in [-0.05, 0) is 30.5 Å². The number of pyridine rings is 1. The summed E-state index contributed by atoms with van der Waals surface area (Å²) in [5, 5.41) is 9.61. The van der Waals surface area contributed by atoms with Crippen molar-refractivity contribution < 1.29 is 9.53 Å². The van der Waals surface area contributed by atoms with Gasteiger partial charge in [-0.3, -0.25) is 4.79 Å². The third kappa shape index (κ3) is 3.44. The summed E-state index contributed by atoms with van der Waals surface area (Å²) in [5.74, 6) is 0.783. The Kier molecular flexibility index (Phi) is 4.52. The lowest BCUT2D eigenvalue weighted by molar-refractivity contribution is 0.0858. The van der Waals surface area contributed by atoms with Crippen molar-refractivity contribution in [1.82, 2.24) is 10.3 Å². The number of ether oxygens (including phenoxy) is 1. The predicted molar refractivity (Wildman–Crippen MR) is 98.0 cm³/mol. The van der Waals surface area contributed by atoms with Gasteiger partial charge in [0.15, 0.2) is 0 Å². The fraction of sp³-hybridized carbons (Fsp3) is 0.368. The number of fused-ring (bicyclic) bond motifs is 1. The Bertz CT molecular complexity index is 772. The van der Waals surface area contributed by atoms with E-state index in [1.807, 2.05) is 36.5 Å². The SMILES string of the molecule is O=C(NCC1CCCO1)c1ccccc1-c1cnc2c(c1)NCCN2. The molecule has 1 unspecified atom stereocenters. The maximum atomic E-state index is 12.7. The van der Waals surface area contributed by atoms with Gasteiger partial charge in [-0.2, -0.15) is 0 Å². The zero-order valence-corrected chi connectivity index (χ0v) is 14.0. The Labute approximate surface area is 147 Å². The van der Waals surface area contributed by atoms with E-state index in [-0.39, 0.29) is 12.0 Å². The van der Waals surface area contributed by atoms with Crippen LogP contribution < -0.4 is 16.0 Å². The Morgan fingerprint density at radius 1 is 1.28 bits per heavy atom. The molecule has 3 N–H and O–H groups in total. The number of rotatable bonds is 4. The van der Waals surface area contributed by atoms with Crippen LogP contribution in [0.25, 0.3) is 11.1 Å². The first kappa shape index (κ1) is 15.9. The summed E-state index contributed by atoms with van der Waals surface area (Å²) >= 11 is 0. The topological polar surface area (TPSA) is 75.3 Å². The molecule has 0 saturated carbocycles. The molecule has 1 saturated heterocycles. The van der Waals surface area contributed by atoms with Gasteiger partial charge in [-0.15, -0.1) is 0 Å². The van der Waals surface area contributed by atoms with Crippen molar-refractivity contribution in [2.75, 3.05) is 36.9 Å². The van der Waals surface area contributed by atoms with Crippen LogP contribution in [-0.4, -0.2) is 43.2 Å². The third-order valence-electron chi connectivity index (χ3n) is 4.62. The summed E-state index contributed by atoms with van der Waals surface area (Å²) in [5.41, 5.74) is 3.44. The lowest BCUT2D eigenvalue weighted by Gasteiger charge is -2.20. The van der Waals surface area contributed by atoms with E-state index >= 15 is 0 Å². The fourth-order valence-electron chi connectivity index (χ4n) is 3.31. The second-order valence-electron chi connectivity index (χ2n) is 6.36. The normalized spacial score (nSPS) is 18.8. The average Bonchev–Trinajstić information content (AvgIpc) is 3.19.